The van der Waals surface area contributed by atoms with Gasteiger partial charge in [-0.25, -0.2) is 0 Å². The van der Waals surface area contributed by atoms with Gasteiger partial charge in [0, 0.05) is 24.3 Å². The first-order valence-electron chi connectivity index (χ1n) is 12.2. The van der Waals surface area contributed by atoms with Crippen LogP contribution in [0.3, 0.4) is 0 Å². The molecule has 5 heteroatoms. The van der Waals surface area contributed by atoms with Gasteiger partial charge in [-0.2, -0.15) is 0 Å². The van der Waals surface area contributed by atoms with E-state index in [0.29, 0.717) is 18.2 Å². The molecule has 2 fully saturated rings. The molecule has 32 heavy (non-hydrogen) atoms. The third-order valence-electron chi connectivity index (χ3n) is 7.08. The Morgan fingerprint density at radius 3 is 2.72 bits per heavy atom. The number of fused-ring (bicyclic) bond motifs is 1. The summed E-state index contributed by atoms with van der Waals surface area (Å²) in [6.07, 6.45) is 9.11. The van der Waals surface area contributed by atoms with Crippen LogP contribution < -0.4 is 15.4 Å². The molecular weight excluding hydrogens is 400 g/mol. The number of carbonyl (C=O) groups excluding carboxylic acids is 1. The van der Waals surface area contributed by atoms with Crippen LogP contribution in [0.5, 0.6) is 5.75 Å². The van der Waals surface area contributed by atoms with E-state index in [9.17, 15) is 4.79 Å². The number of aryl methyl sites for hydroxylation is 1. The van der Waals surface area contributed by atoms with Crippen molar-refractivity contribution in [3.8, 4) is 5.75 Å². The monoisotopic (exact) mass is 434 g/mol. The van der Waals surface area contributed by atoms with E-state index in [4.69, 9.17) is 9.47 Å². The molecule has 0 saturated carbocycles. The van der Waals surface area contributed by atoms with Crippen molar-refractivity contribution in [2.75, 3.05) is 19.8 Å². The summed E-state index contributed by atoms with van der Waals surface area (Å²) in [5.74, 6) is 0.777. The Morgan fingerprint density at radius 1 is 1.03 bits per heavy atom. The maximum atomic E-state index is 12.8. The Bertz CT molecular complexity index is 915. The zero-order valence-corrected chi connectivity index (χ0v) is 18.8. The first kappa shape index (κ1) is 21.5. The lowest BCUT2D eigenvalue weighted by atomic mass is 9.85. The minimum Gasteiger partial charge on any atom is -0.491 e. The number of benzene rings is 2. The molecule has 0 aromatic heterocycles. The molecule has 1 aliphatic carbocycles. The molecule has 3 unspecified atom stereocenters. The van der Waals surface area contributed by atoms with Crippen molar-refractivity contribution in [2.45, 2.75) is 69.6 Å². The highest BCUT2D eigenvalue weighted by Crippen LogP contribution is 2.28. The molecule has 3 aliphatic rings. The predicted molar refractivity (Wildman–Crippen MR) is 125 cm³/mol. The normalized spacial score (nSPS) is 25.2. The number of hydrogen-bond acceptors (Lipinski definition) is 4. The van der Waals surface area contributed by atoms with Gasteiger partial charge in [0.1, 0.15) is 12.4 Å². The SMILES string of the molecule is O=C(NC1CCc2cc(C3CCCCN3)ccc2C1)c1ccc(OCC2CCCO2)cc1. The van der Waals surface area contributed by atoms with E-state index in [1.54, 1.807) is 0 Å². The first-order valence-corrected chi connectivity index (χ1v) is 12.2. The largest absolute Gasteiger partial charge is 0.491 e. The number of ether oxygens (including phenoxy) is 2. The fraction of sp³-hybridized carbons (Fsp3) is 0.519. The van der Waals surface area contributed by atoms with E-state index < -0.39 is 0 Å². The lowest BCUT2D eigenvalue weighted by Gasteiger charge is -2.28. The highest BCUT2D eigenvalue weighted by atomic mass is 16.5. The summed E-state index contributed by atoms with van der Waals surface area (Å²) < 4.78 is 11.4. The smallest absolute Gasteiger partial charge is 0.251 e. The molecule has 5 rings (SSSR count). The van der Waals surface area contributed by atoms with E-state index in [0.717, 1.165) is 51.0 Å². The summed E-state index contributed by atoms with van der Waals surface area (Å²) in [5, 5.41) is 6.89. The molecule has 0 bridgehead atoms. The number of rotatable bonds is 6. The van der Waals surface area contributed by atoms with Gasteiger partial charge in [-0.05, 0) is 92.4 Å². The first-order chi connectivity index (χ1) is 15.7. The summed E-state index contributed by atoms with van der Waals surface area (Å²) in [6.45, 7) is 2.53. The van der Waals surface area contributed by atoms with Gasteiger partial charge in [0.05, 0.1) is 6.10 Å². The molecule has 2 heterocycles. The third-order valence-corrected chi connectivity index (χ3v) is 7.08. The summed E-state index contributed by atoms with van der Waals surface area (Å²) in [6, 6.07) is 15.1. The van der Waals surface area contributed by atoms with Gasteiger partial charge in [0.15, 0.2) is 0 Å². The minimum atomic E-state index is -0.00727. The molecule has 2 aromatic carbocycles. The molecule has 0 spiro atoms. The van der Waals surface area contributed by atoms with Crippen molar-refractivity contribution in [1.29, 1.82) is 0 Å². The molecule has 2 N–H and O–H groups in total. The van der Waals surface area contributed by atoms with Gasteiger partial charge < -0.3 is 20.1 Å². The fourth-order valence-corrected chi connectivity index (χ4v) is 5.19. The summed E-state index contributed by atoms with van der Waals surface area (Å²) >= 11 is 0. The minimum absolute atomic E-state index is 0.00727. The van der Waals surface area contributed by atoms with Crippen molar-refractivity contribution in [3.63, 3.8) is 0 Å². The Balaban J connectivity index is 1.14. The van der Waals surface area contributed by atoms with Gasteiger partial charge in [-0.3, -0.25) is 4.79 Å². The average molecular weight is 435 g/mol. The standard InChI is InChI=1S/C27H34N2O3/c30-27(19-9-12-24(13-10-19)32-18-25-4-3-15-31-25)29-23-11-8-20-16-22(7-6-21(20)17-23)26-5-1-2-14-28-26/h6-7,9-10,12-13,16,23,25-26,28H,1-5,8,11,14-15,17-18H2,(H,29,30). The summed E-state index contributed by atoms with van der Waals surface area (Å²) in [7, 11) is 0. The Morgan fingerprint density at radius 2 is 1.94 bits per heavy atom. The molecule has 5 nitrogen and oxygen atoms in total. The Hall–Kier alpha value is -2.37. The van der Waals surface area contributed by atoms with Crippen LogP contribution in [0.4, 0.5) is 0 Å². The topological polar surface area (TPSA) is 59.6 Å². The molecule has 170 valence electrons. The second-order valence-electron chi connectivity index (χ2n) is 9.41. The van der Waals surface area contributed by atoms with Crippen molar-refractivity contribution in [2.24, 2.45) is 0 Å². The number of amides is 1. The van der Waals surface area contributed by atoms with Crippen LogP contribution >= 0.6 is 0 Å². The highest BCUT2D eigenvalue weighted by Gasteiger charge is 2.23. The molecule has 2 saturated heterocycles. The number of carbonyl (C=O) groups is 1. The lowest BCUT2D eigenvalue weighted by molar-refractivity contribution is 0.0679. The van der Waals surface area contributed by atoms with Gasteiger partial charge in [-0.1, -0.05) is 24.6 Å². The second kappa shape index (κ2) is 10.1. The van der Waals surface area contributed by atoms with Crippen LogP contribution in [0.15, 0.2) is 42.5 Å². The number of piperidine rings is 1. The number of nitrogens with one attached hydrogen (secondary N) is 2. The average Bonchev–Trinajstić information content (AvgIpc) is 3.37. The van der Waals surface area contributed by atoms with Crippen molar-refractivity contribution >= 4 is 5.91 Å². The predicted octanol–water partition coefficient (Wildman–Crippen LogP) is 4.35. The van der Waals surface area contributed by atoms with Crippen molar-refractivity contribution in [1.82, 2.24) is 10.6 Å². The zero-order valence-electron chi connectivity index (χ0n) is 18.8. The van der Waals surface area contributed by atoms with E-state index in [1.165, 1.54) is 36.0 Å². The zero-order chi connectivity index (χ0) is 21.8. The van der Waals surface area contributed by atoms with Crippen LogP contribution in [0.2, 0.25) is 0 Å². The molecule has 2 aliphatic heterocycles. The third kappa shape index (κ3) is 5.16. The van der Waals surface area contributed by atoms with Crippen LogP contribution in [-0.4, -0.2) is 37.8 Å². The maximum absolute atomic E-state index is 12.8. The van der Waals surface area contributed by atoms with Crippen LogP contribution in [0.25, 0.3) is 0 Å². The van der Waals surface area contributed by atoms with Crippen LogP contribution in [0.1, 0.15) is 71.6 Å². The Kier molecular flexibility index (Phi) is 6.75. The lowest BCUT2D eigenvalue weighted by Crippen LogP contribution is -2.39. The van der Waals surface area contributed by atoms with Gasteiger partial charge >= 0.3 is 0 Å². The Labute approximate surface area is 190 Å². The van der Waals surface area contributed by atoms with Gasteiger partial charge in [0.2, 0.25) is 0 Å². The van der Waals surface area contributed by atoms with Crippen LogP contribution in [-0.2, 0) is 17.6 Å². The van der Waals surface area contributed by atoms with Crippen molar-refractivity contribution in [3.05, 3.63) is 64.7 Å². The van der Waals surface area contributed by atoms with Gasteiger partial charge in [0.25, 0.3) is 5.91 Å². The molecular formula is C27H34N2O3. The molecule has 3 atom stereocenters. The molecule has 0 radical (unpaired) electrons. The summed E-state index contributed by atoms with van der Waals surface area (Å²) in [5.41, 5.74) is 4.93. The van der Waals surface area contributed by atoms with E-state index in [-0.39, 0.29) is 18.1 Å². The summed E-state index contributed by atoms with van der Waals surface area (Å²) in [4.78, 5) is 12.8. The number of hydrogen-bond donors (Lipinski definition) is 2. The van der Waals surface area contributed by atoms with E-state index >= 15 is 0 Å². The van der Waals surface area contributed by atoms with E-state index in [1.807, 2.05) is 24.3 Å². The van der Waals surface area contributed by atoms with Gasteiger partial charge in [-0.15, -0.1) is 0 Å². The van der Waals surface area contributed by atoms with Crippen molar-refractivity contribution < 1.29 is 14.3 Å². The molecule has 1 amide bonds. The maximum Gasteiger partial charge on any atom is 0.251 e. The fourth-order valence-electron chi connectivity index (χ4n) is 5.19. The highest BCUT2D eigenvalue weighted by molar-refractivity contribution is 5.94. The van der Waals surface area contributed by atoms with Crippen LogP contribution in [0, 0.1) is 0 Å². The second-order valence-corrected chi connectivity index (χ2v) is 9.41. The quantitative estimate of drug-likeness (QED) is 0.710. The molecule has 2 aromatic rings. The van der Waals surface area contributed by atoms with E-state index in [2.05, 4.69) is 28.8 Å².